The third kappa shape index (κ3) is 1.53. The molecule has 1 aromatic rings. The minimum Gasteiger partial charge on any atom is -0.377 e. The summed E-state index contributed by atoms with van der Waals surface area (Å²) >= 11 is 0. The number of anilines is 1. The third-order valence-corrected chi connectivity index (χ3v) is 2.66. The van der Waals surface area contributed by atoms with Crippen LogP contribution in [0, 0.1) is 16.7 Å². The van der Waals surface area contributed by atoms with Gasteiger partial charge in [0.2, 0.25) is 0 Å². The monoisotopic (exact) mass is 217 g/mol. The maximum Gasteiger partial charge on any atom is 0.252 e. The molecule has 5 heteroatoms. The van der Waals surface area contributed by atoms with Crippen molar-refractivity contribution >= 4 is 11.6 Å². The molecule has 1 aliphatic heterocycles. The number of hydrogen-bond acceptors (Lipinski definition) is 4. The van der Waals surface area contributed by atoms with E-state index in [2.05, 4.69) is 4.98 Å². The molecule has 1 saturated heterocycles. The van der Waals surface area contributed by atoms with Crippen LogP contribution < -0.4 is 4.90 Å². The van der Waals surface area contributed by atoms with Crippen LogP contribution in [0.25, 0.3) is 0 Å². The third-order valence-electron chi connectivity index (χ3n) is 2.66. The highest BCUT2D eigenvalue weighted by molar-refractivity contribution is 5.99. The first-order valence-corrected chi connectivity index (χ1v) is 4.87. The van der Waals surface area contributed by atoms with Crippen molar-refractivity contribution in [1.82, 2.24) is 4.98 Å². The second-order valence-corrected chi connectivity index (χ2v) is 3.76. The summed E-state index contributed by atoms with van der Waals surface area (Å²) in [5.41, 5.74) is -0.334. The second-order valence-electron chi connectivity index (χ2n) is 3.76. The molecule has 16 heavy (non-hydrogen) atoms. The molecule has 5 nitrogen and oxygen atoms in total. The van der Waals surface area contributed by atoms with E-state index in [1.54, 1.807) is 31.6 Å². The molecule has 0 atom stereocenters. The number of nitriles is 1. The van der Waals surface area contributed by atoms with Crippen molar-refractivity contribution in [1.29, 1.82) is 5.26 Å². The van der Waals surface area contributed by atoms with E-state index < -0.39 is 5.41 Å². The number of pyridine rings is 1. The zero-order valence-corrected chi connectivity index (χ0v) is 8.88. The Morgan fingerprint density at radius 1 is 1.69 bits per heavy atom. The van der Waals surface area contributed by atoms with Gasteiger partial charge >= 0.3 is 0 Å². The van der Waals surface area contributed by atoms with Crippen LogP contribution in [0.1, 0.15) is 0 Å². The minimum atomic E-state index is -1.01. The van der Waals surface area contributed by atoms with Crippen LogP contribution >= 0.6 is 0 Å². The molecule has 0 saturated carbocycles. The maximum absolute atomic E-state index is 12.1. The van der Waals surface area contributed by atoms with Crippen molar-refractivity contribution in [3.8, 4) is 6.07 Å². The zero-order chi connectivity index (χ0) is 11.6. The Labute approximate surface area is 93.3 Å². The lowest BCUT2D eigenvalue weighted by Crippen LogP contribution is -2.53. The lowest BCUT2D eigenvalue weighted by Gasteiger charge is -2.36. The SMILES string of the molecule is CN(C(=O)C1(C#N)COC1)c1cccnc1. The highest BCUT2D eigenvalue weighted by Gasteiger charge is 2.48. The Bertz CT molecular complexity index is 434. The van der Waals surface area contributed by atoms with Crippen LogP contribution in [0.3, 0.4) is 0 Å². The number of aromatic nitrogens is 1. The summed E-state index contributed by atoms with van der Waals surface area (Å²) in [6.07, 6.45) is 3.22. The maximum atomic E-state index is 12.1. The van der Waals surface area contributed by atoms with E-state index in [1.807, 2.05) is 6.07 Å². The van der Waals surface area contributed by atoms with Crippen LogP contribution in [0.4, 0.5) is 5.69 Å². The van der Waals surface area contributed by atoms with Crippen LogP contribution in [0.2, 0.25) is 0 Å². The van der Waals surface area contributed by atoms with Crippen molar-refractivity contribution in [3.05, 3.63) is 24.5 Å². The van der Waals surface area contributed by atoms with Gasteiger partial charge in [-0.15, -0.1) is 0 Å². The van der Waals surface area contributed by atoms with E-state index in [1.165, 1.54) is 4.90 Å². The number of carbonyl (C=O) groups is 1. The molecule has 1 aliphatic rings. The summed E-state index contributed by atoms with van der Waals surface area (Å²) in [7, 11) is 1.64. The summed E-state index contributed by atoms with van der Waals surface area (Å²) in [5.74, 6) is -0.241. The largest absolute Gasteiger partial charge is 0.377 e. The van der Waals surface area contributed by atoms with E-state index in [0.29, 0.717) is 5.69 Å². The zero-order valence-electron chi connectivity index (χ0n) is 8.88. The van der Waals surface area contributed by atoms with Crippen LogP contribution in [-0.2, 0) is 9.53 Å². The van der Waals surface area contributed by atoms with Gasteiger partial charge in [-0.25, -0.2) is 0 Å². The summed E-state index contributed by atoms with van der Waals surface area (Å²) in [4.78, 5) is 17.4. The average molecular weight is 217 g/mol. The van der Waals surface area contributed by atoms with Crippen molar-refractivity contribution < 1.29 is 9.53 Å². The van der Waals surface area contributed by atoms with E-state index in [4.69, 9.17) is 10.00 Å². The van der Waals surface area contributed by atoms with E-state index >= 15 is 0 Å². The highest BCUT2D eigenvalue weighted by atomic mass is 16.5. The Kier molecular flexibility index (Phi) is 2.59. The topological polar surface area (TPSA) is 66.2 Å². The number of ether oxygens (including phenoxy) is 1. The number of amides is 1. The van der Waals surface area contributed by atoms with Gasteiger partial charge in [-0.05, 0) is 12.1 Å². The van der Waals surface area contributed by atoms with Crippen molar-refractivity contribution in [2.75, 3.05) is 25.2 Å². The van der Waals surface area contributed by atoms with Gasteiger partial charge in [0, 0.05) is 13.2 Å². The average Bonchev–Trinajstić information content (AvgIpc) is 2.28. The first kappa shape index (κ1) is 10.6. The molecule has 0 spiro atoms. The molecule has 0 unspecified atom stereocenters. The Morgan fingerprint density at radius 2 is 2.44 bits per heavy atom. The summed E-state index contributed by atoms with van der Waals surface area (Å²) in [6.45, 7) is 0.347. The Morgan fingerprint density at radius 3 is 2.88 bits per heavy atom. The van der Waals surface area contributed by atoms with Gasteiger partial charge in [0.1, 0.15) is 0 Å². The van der Waals surface area contributed by atoms with Gasteiger partial charge in [-0.2, -0.15) is 5.26 Å². The van der Waals surface area contributed by atoms with Gasteiger partial charge in [0.05, 0.1) is 31.2 Å². The van der Waals surface area contributed by atoms with Gasteiger partial charge in [-0.1, -0.05) is 0 Å². The molecule has 1 aromatic heterocycles. The molecule has 2 heterocycles. The molecule has 82 valence electrons. The standard InChI is InChI=1S/C11H11N3O2/c1-14(9-3-2-4-13-5-9)10(15)11(6-12)7-16-8-11/h2-5H,7-8H2,1H3. The molecule has 1 fully saturated rings. The van der Waals surface area contributed by atoms with E-state index in [-0.39, 0.29) is 19.1 Å². The molecule has 0 N–H and O–H groups in total. The predicted octanol–water partition coefficient (Wildman–Crippen LogP) is 0.585. The number of nitrogens with zero attached hydrogens (tertiary/aromatic N) is 3. The molecule has 0 aliphatic carbocycles. The highest BCUT2D eigenvalue weighted by Crippen LogP contribution is 2.30. The minimum absolute atomic E-state index is 0.174. The van der Waals surface area contributed by atoms with Crippen molar-refractivity contribution in [2.45, 2.75) is 0 Å². The van der Waals surface area contributed by atoms with Crippen LogP contribution in [-0.4, -0.2) is 31.2 Å². The molecule has 1 amide bonds. The van der Waals surface area contributed by atoms with Gasteiger partial charge in [0.25, 0.3) is 5.91 Å². The van der Waals surface area contributed by atoms with Crippen LogP contribution in [0.15, 0.2) is 24.5 Å². The number of rotatable bonds is 2. The molecule has 2 rings (SSSR count). The molecule has 0 radical (unpaired) electrons. The first-order chi connectivity index (χ1) is 7.69. The number of carbonyl (C=O) groups excluding carboxylic acids is 1. The Hall–Kier alpha value is -1.93. The summed E-state index contributed by atoms with van der Waals surface area (Å²) in [5, 5.41) is 9.01. The number of hydrogen-bond donors (Lipinski definition) is 0. The smallest absolute Gasteiger partial charge is 0.252 e. The van der Waals surface area contributed by atoms with Crippen molar-refractivity contribution in [2.24, 2.45) is 5.41 Å². The van der Waals surface area contributed by atoms with Crippen molar-refractivity contribution in [3.63, 3.8) is 0 Å². The fourth-order valence-electron chi connectivity index (χ4n) is 1.53. The van der Waals surface area contributed by atoms with E-state index in [9.17, 15) is 4.79 Å². The lowest BCUT2D eigenvalue weighted by molar-refractivity contribution is -0.146. The second kappa shape index (κ2) is 3.91. The molecular formula is C11H11N3O2. The van der Waals surface area contributed by atoms with Gasteiger partial charge in [-0.3, -0.25) is 9.78 Å². The predicted molar refractivity (Wildman–Crippen MR) is 56.5 cm³/mol. The van der Waals surface area contributed by atoms with Gasteiger partial charge in [0.15, 0.2) is 5.41 Å². The molecule has 0 bridgehead atoms. The fraction of sp³-hybridized carbons (Fsp3) is 0.364. The normalized spacial score (nSPS) is 17.0. The molecule has 0 aromatic carbocycles. The summed E-state index contributed by atoms with van der Waals surface area (Å²) < 4.78 is 4.95. The Balaban J connectivity index is 2.20. The lowest BCUT2D eigenvalue weighted by atomic mass is 9.86. The van der Waals surface area contributed by atoms with Gasteiger partial charge < -0.3 is 9.64 Å². The van der Waals surface area contributed by atoms with Crippen LogP contribution in [0.5, 0.6) is 0 Å². The first-order valence-electron chi connectivity index (χ1n) is 4.87. The summed E-state index contributed by atoms with van der Waals surface area (Å²) in [6, 6.07) is 5.55. The van der Waals surface area contributed by atoms with E-state index in [0.717, 1.165) is 0 Å². The fourth-order valence-corrected chi connectivity index (χ4v) is 1.53. The molecular weight excluding hydrogens is 206 g/mol. The quantitative estimate of drug-likeness (QED) is 0.727.